The van der Waals surface area contributed by atoms with E-state index in [4.69, 9.17) is 4.74 Å². The highest BCUT2D eigenvalue weighted by Crippen LogP contribution is 2.32. The lowest BCUT2D eigenvalue weighted by molar-refractivity contribution is -0.114. The molecule has 0 bridgehead atoms. The van der Waals surface area contributed by atoms with Crippen LogP contribution in [-0.2, 0) is 4.79 Å². The van der Waals surface area contributed by atoms with Crippen LogP contribution >= 0.6 is 0 Å². The highest BCUT2D eigenvalue weighted by atomic mass is 19.1. The number of nitrogens with one attached hydrogen (secondary N) is 1. The van der Waals surface area contributed by atoms with Crippen LogP contribution in [0.25, 0.3) is 6.08 Å². The summed E-state index contributed by atoms with van der Waals surface area (Å²) in [5.74, 6) is 0.287. The first-order chi connectivity index (χ1) is 11.2. The van der Waals surface area contributed by atoms with Gasteiger partial charge in [0.25, 0.3) is 5.91 Å². The van der Waals surface area contributed by atoms with Crippen LogP contribution in [0.3, 0.4) is 0 Å². The first kappa shape index (κ1) is 15.1. The first-order valence-corrected chi connectivity index (χ1v) is 7.34. The molecule has 0 unspecified atom stereocenters. The molecule has 5 heteroatoms. The summed E-state index contributed by atoms with van der Waals surface area (Å²) in [6.45, 7) is 1.27. The number of ether oxygens (including phenoxy) is 1. The van der Waals surface area contributed by atoms with Gasteiger partial charge in [0.1, 0.15) is 11.6 Å². The van der Waals surface area contributed by atoms with Crippen molar-refractivity contribution < 1.29 is 13.9 Å². The Morgan fingerprint density at radius 2 is 2.04 bits per heavy atom. The molecule has 0 saturated heterocycles. The topological polar surface area (TPSA) is 41.6 Å². The van der Waals surface area contributed by atoms with Crippen LogP contribution < -0.4 is 15.0 Å². The van der Waals surface area contributed by atoms with Crippen LogP contribution in [-0.4, -0.2) is 26.1 Å². The van der Waals surface area contributed by atoms with Gasteiger partial charge in [0.2, 0.25) is 0 Å². The number of halogens is 1. The van der Waals surface area contributed by atoms with E-state index >= 15 is 0 Å². The largest absolute Gasteiger partial charge is 0.497 e. The van der Waals surface area contributed by atoms with Gasteiger partial charge >= 0.3 is 0 Å². The van der Waals surface area contributed by atoms with Crippen LogP contribution in [0.1, 0.15) is 5.56 Å². The monoisotopic (exact) mass is 312 g/mol. The minimum Gasteiger partial charge on any atom is -0.497 e. The third kappa shape index (κ3) is 3.34. The molecule has 0 aliphatic carbocycles. The Labute approximate surface area is 134 Å². The van der Waals surface area contributed by atoms with Crippen molar-refractivity contribution in [2.75, 3.05) is 30.4 Å². The summed E-state index contributed by atoms with van der Waals surface area (Å²) in [6, 6.07) is 11.6. The quantitative estimate of drug-likeness (QED) is 0.884. The van der Waals surface area contributed by atoms with Crippen molar-refractivity contribution in [2.24, 2.45) is 0 Å². The fourth-order valence-corrected chi connectivity index (χ4v) is 2.49. The molecule has 0 spiro atoms. The second-order valence-electron chi connectivity index (χ2n) is 5.18. The number of anilines is 2. The second kappa shape index (κ2) is 6.52. The Hall–Kier alpha value is -2.82. The molecule has 1 amide bonds. The molecule has 2 aromatic carbocycles. The molecule has 1 aliphatic rings. The van der Waals surface area contributed by atoms with Gasteiger partial charge in [-0.25, -0.2) is 4.39 Å². The van der Waals surface area contributed by atoms with Crippen molar-refractivity contribution in [2.45, 2.75) is 0 Å². The average Bonchev–Trinajstić information content (AvgIpc) is 2.60. The zero-order valence-corrected chi connectivity index (χ0v) is 12.8. The van der Waals surface area contributed by atoms with Gasteiger partial charge in [-0.05, 0) is 35.9 Å². The zero-order valence-electron chi connectivity index (χ0n) is 12.8. The summed E-state index contributed by atoms with van der Waals surface area (Å²) < 4.78 is 18.1. The van der Waals surface area contributed by atoms with Gasteiger partial charge in [0, 0.05) is 25.2 Å². The average molecular weight is 312 g/mol. The summed E-state index contributed by atoms with van der Waals surface area (Å²) >= 11 is 0. The van der Waals surface area contributed by atoms with Crippen molar-refractivity contribution in [3.8, 4) is 5.75 Å². The highest BCUT2D eigenvalue weighted by Gasteiger charge is 2.21. The van der Waals surface area contributed by atoms with Gasteiger partial charge in [0.15, 0.2) is 0 Å². The predicted octanol–water partition coefficient (Wildman–Crippen LogP) is 3.31. The lowest BCUT2D eigenvalue weighted by Crippen LogP contribution is -2.37. The minimum absolute atomic E-state index is 0.120. The summed E-state index contributed by atoms with van der Waals surface area (Å²) in [7, 11) is 1.60. The second-order valence-corrected chi connectivity index (χ2v) is 5.18. The molecule has 2 aromatic rings. The smallest absolute Gasteiger partial charge is 0.251 e. The number of hydrogen-bond acceptors (Lipinski definition) is 3. The van der Waals surface area contributed by atoms with E-state index in [9.17, 15) is 9.18 Å². The molecule has 0 fully saturated rings. The van der Waals surface area contributed by atoms with Gasteiger partial charge < -0.3 is 15.0 Å². The normalized spacial score (nSPS) is 13.6. The predicted molar refractivity (Wildman–Crippen MR) is 89.3 cm³/mol. The molecule has 1 heterocycles. The molecular formula is C18H17FN2O2. The van der Waals surface area contributed by atoms with Crippen molar-refractivity contribution >= 4 is 23.4 Å². The minimum atomic E-state index is -0.295. The molecule has 0 aromatic heterocycles. The van der Waals surface area contributed by atoms with E-state index in [2.05, 4.69) is 5.32 Å². The number of methoxy groups -OCH3 is 1. The standard InChI is InChI=1S/C18H17FN2O2/c1-23-15-7-8-16-17(12-15)21(11-10-20-16)18(22)9-4-13-2-5-14(19)6-3-13/h2-9,12,20H,10-11H2,1H3. The van der Waals surface area contributed by atoms with E-state index in [0.29, 0.717) is 18.8 Å². The first-order valence-electron chi connectivity index (χ1n) is 7.34. The van der Waals surface area contributed by atoms with Crippen molar-refractivity contribution in [1.29, 1.82) is 0 Å². The summed E-state index contributed by atoms with van der Waals surface area (Å²) in [5, 5.41) is 3.26. The Balaban J connectivity index is 1.82. The zero-order chi connectivity index (χ0) is 16.2. The fraction of sp³-hybridized carbons (Fsp3) is 0.167. The molecular weight excluding hydrogens is 295 g/mol. The van der Waals surface area contributed by atoms with Crippen LogP contribution in [0.4, 0.5) is 15.8 Å². The van der Waals surface area contributed by atoms with Crippen molar-refractivity contribution in [1.82, 2.24) is 0 Å². The fourth-order valence-electron chi connectivity index (χ4n) is 2.49. The highest BCUT2D eigenvalue weighted by molar-refractivity contribution is 6.06. The summed E-state index contributed by atoms with van der Waals surface area (Å²) in [6.07, 6.45) is 3.19. The third-order valence-corrected chi connectivity index (χ3v) is 3.70. The molecule has 23 heavy (non-hydrogen) atoms. The van der Waals surface area contributed by atoms with Gasteiger partial charge in [-0.1, -0.05) is 12.1 Å². The molecule has 0 radical (unpaired) electrons. The number of rotatable bonds is 3. The molecule has 3 rings (SSSR count). The third-order valence-electron chi connectivity index (χ3n) is 3.70. The summed E-state index contributed by atoms with van der Waals surface area (Å²) in [4.78, 5) is 14.2. The van der Waals surface area contributed by atoms with Crippen molar-refractivity contribution in [3.63, 3.8) is 0 Å². The van der Waals surface area contributed by atoms with Crippen molar-refractivity contribution in [3.05, 3.63) is 59.9 Å². The Morgan fingerprint density at radius 3 is 2.78 bits per heavy atom. The molecule has 0 saturated carbocycles. The molecule has 1 aliphatic heterocycles. The molecule has 1 N–H and O–H groups in total. The number of carbonyl (C=O) groups excluding carboxylic acids is 1. The van der Waals surface area contributed by atoms with E-state index in [-0.39, 0.29) is 11.7 Å². The van der Waals surface area contributed by atoms with E-state index < -0.39 is 0 Å². The Bertz CT molecular complexity index is 741. The van der Waals surface area contributed by atoms with Crippen LogP contribution in [0.15, 0.2) is 48.5 Å². The lowest BCUT2D eigenvalue weighted by Gasteiger charge is -2.29. The van der Waals surface area contributed by atoms with E-state index in [1.165, 1.54) is 18.2 Å². The molecule has 0 atom stereocenters. The van der Waals surface area contributed by atoms with E-state index in [1.807, 2.05) is 18.2 Å². The number of hydrogen-bond donors (Lipinski definition) is 1. The van der Waals surface area contributed by atoms with E-state index in [1.54, 1.807) is 30.2 Å². The summed E-state index contributed by atoms with van der Waals surface area (Å²) in [5.41, 5.74) is 2.48. The van der Waals surface area contributed by atoms with Crippen LogP contribution in [0, 0.1) is 5.82 Å². The maximum absolute atomic E-state index is 12.9. The molecule has 4 nitrogen and oxygen atoms in total. The number of benzene rings is 2. The Morgan fingerprint density at radius 1 is 1.26 bits per heavy atom. The maximum atomic E-state index is 12.9. The number of fused-ring (bicyclic) bond motifs is 1. The van der Waals surface area contributed by atoms with Gasteiger partial charge in [-0.2, -0.15) is 0 Å². The lowest BCUT2D eigenvalue weighted by atomic mass is 10.1. The SMILES string of the molecule is COc1ccc2c(c1)N(C(=O)C=Cc1ccc(F)cc1)CCN2. The molecule has 118 valence electrons. The maximum Gasteiger partial charge on any atom is 0.251 e. The van der Waals surface area contributed by atoms with Crippen LogP contribution in [0.2, 0.25) is 0 Å². The van der Waals surface area contributed by atoms with Crippen LogP contribution in [0.5, 0.6) is 5.75 Å². The number of amides is 1. The van der Waals surface area contributed by atoms with Gasteiger partial charge in [-0.3, -0.25) is 4.79 Å². The van der Waals surface area contributed by atoms with Gasteiger partial charge in [-0.15, -0.1) is 0 Å². The number of nitrogens with zero attached hydrogens (tertiary/aromatic N) is 1. The van der Waals surface area contributed by atoms with E-state index in [0.717, 1.165) is 16.9 Å². The Kier molecular flexibility index (Phi) is 4.28. The number of carbonyl (C=O) groups is 1. The van der Waals surface area contributed by atoms with Gasteiger partial charge in [0.05, 0.1) is 18.5 Å².